The van der Waals surface area contributed by atoms with Gasteiger partial charge in [-0.25, -0.2) is 15.0 Å². The van der Waals surface area contributed by atoms with Crippen molar-refractivity contribution in [2.45, 2.75) is 76.8 Å². The fourth-order valence-corrected chi connectivity index (χ4v) is 6.05. The van der Waals surface area contributed by atoms with Crippen LogP contribution in [0.3, 0.4) is 0 Å². The van der Waals surface area contributed by atoms with Crippen molar-refractivity contribution in [1.82, 2.24) is 25.4 Å². The van der Waals surface area contributed by atoms with E-state index in [2.05, 4.69) is 37.7 Å². The molecule has 1 aromatic rings. The number of rotatable bonds is 9. The van der Waals surface area contributed by atoms with E-state index in [1.54, 1.807) is 6.92 Å². The maximum Gasteiger partial charge on any atom is 0.243 e. The van der Waals surface area contributed by atoms with Gasteiger partial charge in [-0.3, -0.25) is 30.5 Å². The zero-order valence-corrected chi connectivity index (χ0v) is 20.7. The normalized spacial score (nSPS) is 24.1. The van der Waals surface area contributed by atoms with Crippen LogP contribution in [0.2, 0.25) is 0 Å². The van der Waals surface area contributed by atoms with Gasteiger partial charge in [0.15, 0.2) is 11.6 Å². The number of fused-ring (bicyclic) bond motifs is 1. The van der Waals surface area contributed by atoms with Crippen molar-refractivity contribution >= 4 is 24.0 Å². The van der Waals surface area contributed by atoms with Crippen LogP contribution >= 0.6 is 0 Å². The van der Waals surface area contributed by atoms with Crippen molar-refractivity contribution < 1.29 is 19.2 Å². The van der Waals surface area contributed by atoms with E-state index in [0.29, 0.717) is 35.8 Å². The number of likely N-dealkylation sites (N-methyl/N-ethyl adjacent to an activating group) is 1. The van der Waals surface area contributed by atoms with E-state index in [9.17, 15) is 14.8 Å². The number of amides is 2. The smallest absolute Gasteiger partial charge is 0.243 e. The first-order valence-electron chi connectivity index (χ1n) is 12.8. The molecule has 0 aromatic carbocycles. The molecular formula is C24H38FN7O3. The maximum atomic E-state index is 15.6. The Balaban J connectivity index is 1.48. The lowest BCUT2D eigenvalue weighted by Gasteiger charge is -2.49. The first-order valence-corrected chi connectivity index (χ1v) is 12.8. The van der Waals surface area contributed by atoms with Gasteiger partial charge < -0.3 is 4.90 Å². The SMILES string of the molecule is Cc1nc(NNC(=O)[C@H](CC2CCCC2)CN(O)C=O)c(F)c(N2CCN(C)[C@H]3CCCC[C@H]32)n1. The first-order chi connectivity index (χ1) is 16.9. The van der Waals surface area contributed by atoms with Gasteiger partial charge in [0.05, 0.1) is 12.5 Å². The summed E-state index contributed by atoms with van der Waals surface area (Å²) in [5.74, 6) is -0.652. The van der Waals surface area contributed by atoms with E-state index in [0.717, 1.165) is 51.5 Å². The Morgan fingerprint density at radius 3 is 2.57 bits per heavy atom. The third kappa shape index (κ3) is 6.00. The molecule has 3 atom stereocenters. The summed E-state index contributed by atoms with van der Waals surface area (Å²) in [6.45, 7) is 3.11. The van der Waals surface area contributed by atoms with Crippen molar-refractivity contribution in [3.8, 4) is 0 Å². The summed E-state index contributed by atoms with van der Waals surface area (Å²) in [6, 6.07) is 0.572. The van der Waals surface area contributed by atoms with Crippen LogP contribution < -0.4 is 15.8 Å². The summed E-state index contributed by atoms with van der Waals surface area (Å²) in [7, 11) is 2.13. The zero-order valence-electron chi connectivity index (χ0n) is 20.7. The van der Waals surface area contributed by atoms with Crippen molar-refractivity contribution in [3.05, 3.63) is 11.6 Å². The predicted molar refractivity (Wildman–Crippen MR) is 129 cm³/mol. The average molecular weight is 492 g/mol. The molecule has 0 unspecified atom stereocenters. The number of nitrogens with zero attached hydrogens (tertiary/aromatic N) is 5. The van der Waals surface area contributed by atoms with Gasteiger partial charge in [0.2, 0.25) is 18.1 Å². The number of carbonyl (C=O) groups is 2. The molecule has 1 saturated heterocycles. The second-order valence-electron chi connectivity index (χ2n) is 10.3. The van der Waals surface area contributed by atoms with Gasteiger partial charge in [0.1, 0.15) is 5.82 Å². The highest BCUT2D eigenvalue weighted by molar-refractivity contribution is 5.80. The Bertz CT molecular complexity index is 898. The standard InChI is InChI=1S/C24H38FN7O3/c1-16-26-22(28-29-24(34)18(14-31(35)15-33)13-17-7-3-4-8-17)21(25)23(27-16)32-12-11-30(2)19-9-5-6-10-20(19)32/h15,17-20,35H,3-14H2,1-2H3,(H,29,34)(H,26,27,28)/t18-,19+,20-/m1/s1. The lowest BCUT2D eigenvalue weighted by atomic mass is 9.86. The van der Waals surface area contributed by atoms with E-state index in [-0.39, 0.29) is 30.6 Å². The highest BCUT2D eigenvalue weighted by atomic mass is 19.1. The van der Waals surface area contributed by atoms with Gasteiger partial charge in [-0.15, -0.1) is 0 Å². The van der Waals surface area contributed by atoms with E-state index in [1.165, 1.54) is 6.42 Å². The molecule has 4 rings (SSSR count). The Hall–Kier alpha value is -2.53. The third-order valence-electron chi connectivity index (χ3n) is 7.87. The number of aryl methyl sites for hydroxylation is 1. The molecule has 194 valence electrons. The van der Waals surface area contributed by atoms with Crippen LogP contribution in [0.25, 0.3) is 0 Å². The van der Waals surface area contributed by atoms with Gasteiger partial charge in [-0.05, 0) is 39.2 Å². The van der Waals surface area contributed by atoms with Crippen molar-refractivity contribution in [2.24, 2.45) is 11.8 Å². The molecule has 3 aliphatic rings. The van der Waals surface area contributed by atoms with Gasteiger partial charge >= 0.3 is 0 Å². The number of hydroxylamine groups is 2. The summed E-state index contributed by atoms with van der Waals surface area (Å²) in [6.07, 6.45) is 9.52. The Morgan fingerprint density at radius 1 is 1.17 bits per heavy atom. The number of piperazine rings is 1. The van der Waals surface area contributed by atoms with Gasteiger partial charge in [-0.2, -0.15) is 4.39 Å². The summed E-state index contributed by atoms with van der Waals surface area (Å²) < 4.78 is 15.6. The minimum atomic E-state index is -0.619. The molecule has 35 heavy (non-hydrogen) atoms. The highest BCUT2D eigenvalue weighted by Gasteiger charge is 2.38. The minimum absolute atomic E-state index is 0.0806. The molecule has 0 bridgehead atoms. The van der Waals surface area contributed by atoms with E-state index >= 15 is 4.39 Å². The second kappa shape index (κ2) is 11.5. The van der Waals surface area contributed by atoms with Crippen LogP contribution in [0.4, 0.5) is 16.0 Å². The molecule has 10 nitrogen and oxygen atoms in total. The molecule has 1 aliphatic heterocycles. The fraction of sp³-hybridized carbons (Fsp3) is 0.750. The summed E-state index contributed by atoms with van der Waals surface area (Å²) in [4.78, 5) is 36.9. The van der Waals surface area contributed by atoms with Crippen molar-refractivity contribution in [2.75, 3.05) is 37.0 Å². The average Bonchev–Trinajstić information content (AvgIpc) is 3.37. The summed E-state index contributed by atoms with van der Waals surface area (Å²) in [5, 5.41) is 10.2. The van der Waals surface area contributed by atoms with Crippen LogP contribution in [-0.4, -0.2) is 76.2 Å². The number of halogens is 1. The Kier molecular flexibility index (Phi) is 8.38. The molecule has 11 heteroatoms. The number of hydrazine groups is 1. The molecule has 0 spiro atoms. The molecule has 2 saturated carbocycles. The highest BCUT2D eigenvalue weighted by Crippen LogP contribution is 2.34. The Morgan fingerprint density at radius 2 is 1.86 bits per heavy atom. The summed E-state index contributed by atoms with van der Waals surface area (Å²) in [5.41, 5.74) is 5.22. The maximum absolute atomic E-state index is 15.6. The Labute approximate surface area is 206 Å². The van der Waals surface area contributed by atoms with Crippen LogP contribution in [-0.2, 0) is 9.59 Å². The minimum Gasteiger partial charge on any atom is -0.348 e. The third-order valence-corrected chi connectivity index (χ3v) is 7.87. The number of hydrogen-bond donors (Lipinski definition) is 3. The number of anilines is 2. The van der Waals surface area contributed by atoms with Crippen LogP contribution in [0.1, 0.15) is 63.6 Å². The van der Waals surface area contributed by atoms with Crippen molar-refractivity contribution in [1.29, 1.82) is 0 Å². The van der Waals surface area contributed by atoms with E-state index in [1.807, 2.05) is 0 Å². The molecule has 0 radical (unpaired) electrons. The number of carbonyl (C=O) groups excluding carboxylic acids is 2. The second-order valence-corrected chi connectivity index (χ2v) is 10.3. The molecule has 3 fully saturated rings. The van der Waals surface area contributed by atoms with Crippen LogP contribution in [0, 0.1) is 24.6 Å². The van der Waals surface area contributed by atoms with Crippen LogP contribution in [0.15, 0.2) is 0 Å². The number of nitrogens with one attached hydrogen (secondary N) is 2. The quantitative estimate of drug-likeness (QED) is 0.274. The molecule has 2 amide bonds. The topological polar surface area (TPSA) is 114 Å². The zero-order chi connectivity index (χ0) is 24.9. The molecular weight excluding hydrogens is 453 g/mol. The van der Waals surface area contributed by atoms with Gasteiger partial charge in [0, 0.05) is 25.2 Å². The van der Waals surface area contributed by atoms with Crippen molar-refractivity contribution in [3.63, 3.8) is 0 Å². The molecule has 3 N–H and O–H groups in total. The lowest BCUT2D eigenvalue weighted by Crippen LogP contribution is -2.60. The fourth-order valence-electron chi connectivity index (χ4n) is 6.05. The summed E-state index contributed by atoms with van der Waals surface area (Å²) >= 11 is 0. The van der Waals surface area contributed by atoms with E-state index in [4.69, 9.17) is 0 Å². The molecule has 1 aromatic heterocycles. The molecule has 2 heterocycles. The number of hydrogen-bond acceptors (Lipinski definition) is 8. The monoisotopic (exact) mass is 491 g/mol. The lowest BCUT2D eigenvalue weighted by molar-refractivity contribution is -0.154. The largest absolute Gasteiger partial charge is 0.348 e. The predicted octanol–water partition coefficient (Wildman–Crippen LogP) is 2.47. The van der Waals surface area contributed by atoms with E-state index < -0.39 is 17.6 Å². The van der Waals surface area contributed by atoms with Crippen LogP contribution in [0.5, 0.6) is 0 Å². The van der Waals surface area contributed by atoms with Gasteiger partial charge in [0.25, 0.3) is 0 Å². The molecule has 2 aliphatic carbocycles. The van der Waals surface area contributed by atoms with Gasteiger partial charge in [-0.1, -0.05) is 38.5 Å². The first kappa shape index (κ1) is 25.6. The number of aromatic nitrogens is 2.